The fourth-order valence-electron chi connectivity index (χ4n) is 4.57. The average Bonchev–Trinajstić information content (AvgIpc) is 3.37. The quantitative estimate of drug-likeness (QED) is 0.724. The molecule has 0 unspecified atom stereocenters. The van der Waals surface area contributed by atoms with Crippen molar-refractivity contribution in [2.24, 2.45) is 5.92 Å². The van der Waals surface area contributed by atoms with E-state index in [0.29, 0.717) is 11.6 Å². The van der Waals surface area contributed by atoms with E-state index in [4.69, 9.17) is 0 Å². The molecule has 1 N–H and O–H groups in total. The third kappa shape index (κ3) is 3.87. The SMILES string of the molecule is O=c1cc(-c2cccnc2)ncn1CC1CCN(Cc2n[nH]c3c2CCC3)CC1. The van der Waals surface area contributed by atoms with Crippen LogP contribution in [0.5, 0.6) is 0 Å². The normalized spacial score (nSPS) is 17.5. The number of pyridine rings is 1. The van der Waals surface area contributed by atoms with Gasteiger partial charge in [0.25, 0.3) is 5.56 Å². The minimum Gasteiger partial charge on any atom is -0.299 e. The molecule has 1 fully saturated rings. The Morgan fingerprint density at radius 3 is 2.90 bits per heavy atom. The monoisotopic (exact) mass is 390 g/mol. The molecule has 5 rings (SSSR count). The van der Waals surface area contributed by atoms with Gasteiger partial charge in [-0.05, 0) is 68.8 Å². The smallest absolute Gasteiger partial charge is 0.253 e. The second-order valence-electron chi connectivity index (χ2n) is 8.21. The second kappa shape index (κ2) is 7.91. The number of hydrogen-bond donors (Lipinski definition) is 1. The first-order valence-corrected chi connectivity index (χ1v) is 10.5. The minimum atomic E-state index is 0.00775. The van der Waals surface area contributed by atoms with Gasteiger partial charge in [0.1, 0.15) is 0 Å². The molecule has 7 nitrogen and oxygen atoms in total. The van der Waals surface area contributed by atoms with Gasteiger partial charge in [0, 0.05) is 42.8 Å². The van der Waals surface area contributed by atoms with Crippen molar-refractivity contribution in [3.05, 3.63) is 64.2 Å². The highest BCUT2D eigenvalue weighted by Crippen LogP contribution is 2.26. The highest BCUT2D eigenvalue weighted by atomic mass is 16.1. The maximum atomic E-state index is 12.6. The summed E-state index contributed by atoms with van der Waals surface area (Å²) in [5.74, 6) is 0.514. The van der Waals surface area contributed by atoms with Crippen molar-refractivity contribution in [2.75, 3.05) is 13.1 Å². The lowest BCUT2D eigenvalue weighted by atomic mass is 9.96. The summed E-state index contributed by atoms with van der Waals surface area (Å²) in [5.41, 5.74) is 5.60. The molecule has 1 saturated heterocycles. The van der Waals surface area contributed by atoms with Gasteiger partial charge >= 0.3 is 0 Å². The van der Waals surface area contributed by atoms with Crippen molar-refractivity contribution in [3.63, 3.8) is 0 Å². The summed E-state index contributed by atoms with van der Waals surface area (Å²) in [6, 6.07) is 5.39. The number of rotatable bonds is 5. The summed E-state index contributed by atoms with van der Waals surface area (Å²) >= 11 is 0. The predicted molar refractivity (Wildman–Crippen MR) is 110 cm³/mol. The maximum absolute atomic E-state index is 12.6. The molecule has 2 aliphatic rings. The van der Waals surface area contributed by atoms with Crippen molar-refractivity contribution in [2.45, 2.75) is 45.2 Å². The largest absolute Gasteiger partial charge is 0.299 e. The van der Waals surface area contributed by atoms with Crippen molar-refractivity contribution in [1.29, 1.82) is 0 Å². The van der Waals surface area contributed by atoms with Gasteiger partial charge in [-0.25, -0.2) is 4.98 Å². The van der Waals surface area contributed by atoms with Gasteiger partial charge in [0.15, 0.2) is 0 Å². The van der Waals surface area contributed by atoms with Crippen molar-refractivity contribution in [1.82, 2.24) is 29.6 Å². The van der Waals surface area contributed by atoms with Crippen LogP contribution in [0.1, 0.15) is 36.2 Å². The van der Waals surface area contributed by atoms with Crippen LogP contribution in [-0.2, 0) is 25.9 Å². The molecule has 1 aliphatic heterocycles. The van der Waals surface area contributed by atoms with E-state index in [-0.39, 0.29) is 5.56 Å². The Morgan fingerprint density at radius 2 is 2.10 bits per heavy atom. The second-order valence-corrected chi connectivity index (χ2v) is 8.21. The van der Waals surface area contributed by atoms with Gasteiger partial charge in [0.05, 0.1) is 17.7 Å². The Hall–Kier alpha value is -2.80. The van der Waals surface area contributed by atoms with Crippen molar-refractivity contribution < 1.29 is 0 Å². The number of aryl methyl sites for hydroxylation is 1. The highest BCUT2D eigenvalue weighted by Gasteiger charge is 2.24. The third-order valence-electron chi connectivity index (χ3n) is 6.26. The third-order valence-corrected chi connectivity index (χ3v) is 6.26. The minimum absolute atomic E-state index is 0.00775. The fraction of sp³-hybridized carbons (Fsp3) is 0.455. The van der Waals surface area contributed by atoms with Gasteiger partial charge in [-0.1, -0.05) is 0 Å². The lowest BCUT2D eigenvalue weighted by Crippen LogP contribution is -2.36. The van der Waals surface area contributed by atoms with Crippen molar-refractivity contribution in [3.8, 4) is 11.3 Å². The number of nitrogens with zero attached hydrogens (tertiary/aromatic N) is 5. The van der Waals surface area contributed by atoms with Crippen LogP contribution in [0.3, 0.4) is 0 Å². The summed E-state index contributed by atoms with van der Waals surface area (Å²) in [6.45, 7) is 3.80. The van der Waals surface area contributed by atoms with Crippen molar-refractivity contribution >= 4 is 0 Å². The van der Waals surface area contributed by atoms with Gasteiger partial charge in [-0.15, -0.1) is 0 Å². The molecule has 0 spiro atoms. The van der Waals surface area contributed by atoms with Gasteiger partial charge in [-0.2, -0.15) is 5.10 Å². The number of H-pyrrole nitrogens is 1. The van der Waals surface area contributed by atoms with Crippen LogP contribution in [0, 0.1) is 5.92 Å². The van der Waals surface area contributed by atoms with Crippen LogP contribution < -0.4 is 5.56 Å². The molecule has 7 heteroatoms. The summed E-state index contributed by atoms with van der Waals surface area (Å²) in [7, 11) is 0. The molecular weight excluding hydrogens is 364 g/mol. The molecule has 3 aromatic rings. The van der Waals surface area contributed by atoms with E-state index >= 15 is 0 Å². The number of piperidine rings is 1. The molecule has 29 heavy (non-hydrogen) atoms. The van der Waals surface area contributed by atoms with Crippen LogP contribution in [-0.4, -0.2) is 42.7 Å². The van der Waals surface area contributed by atoms with E-state index < -0.39 is 0 Å². The zero-order chi connectivity index (χ0) is 19.6. The summed E-state index contributed by atoms with van der Waals surface area (Å²) < 4.78 is 1.75. The highest BCUT2D eigenvalue weighted by molar-refractivity contribution is 5.56. The molecule has 3 aromatic heterocycles. The molecule has 0 aromatic carbocycles. The molecule has 0 radical (unpaired) electrons. The first-order chi connectivity index (χ1) is 14.3. The Bertz CT molecular complexity index is 1030. The van der Waals surface area contributed by atoms with Crippen LogP contribution in [0.4, 0.5) is 0 Å². The topological polar surface area (TPSA) is 79.7 Å². The van der Waals surface area contributed by atoms with Crippen LogP contribution in [0.2, 0.25) is 0 Å². The molecule has 4 heterocycles. The summed E-state index contributed by atoms with van der Waals surface area (Å²) in [5, 5.41) is 7.75. The van der Waals surface area contributed by atoms with E-state index in [1.165, 1.54) is 29.8 Å². The van der Waals surface area contributed by atoms with E-state index in [1.54, 1.807) is 29.4 Å². The fourth-order valence-corrected chi connectivity index (χ4v) is 4.57. The number of hydrogen-bond acceptors (Lipinski definition) is 5. The Morgan fingerprint density at radius 1 is 1.21 bits per heavy atom. The zero-order valence-electron chi connectivity index (χ0n) is 16.5. The zero-order valence-corrected chi connectivity index (χ0v) is 16.5. The molecular formula is C22H26N6O. The molecule has 0 saturated carbocycles. The number of aromatic amines is 1. The lowest BCUT2D eigenvalue weighted by molar-refractivity contribution is 0.164. The Balaban J connectivity index is 1.18. The number of fused-ring (bicyclic) bond motifs is 1. The maximum Gasteiger partial charge on any atom is 0.253 e. The standard InChI is InChI=1S/C22H26N6O/c29-22-11-20(17-3-2-8-23-12-17)24-15-28(22)13-16-6-9-27(10-7-16)14-21-18-4-1-5-19(18)25-26-21/h2-3,8,11-12,15-16H,1,4-7,9-10,13-14H2,(H,25,26). The number of likely N-dealkylation sites (tertiary alicyclic amines) is 1. The van der Waals surface area contributed by atoms with Gasteiger partial charge in [0.2, 0.25) is 0 Å². The molecule has 0 bridgehead atoms. The predicted octanol–water partition coefficient (Wildman–Crippen LogP) is 2.43. The number of aromatic nitrogens is 5. The Kier molecular flexibility index (Phi) is 4.97. The van der Waals surface area contributed by atoms with Crippen LogP contribution >= 0.6 is 0 Å². The molecule has 150 valence electrons. The number of nitrogens with one attached hydrogen (secondary N) is 1. The lowest BCUT2D eigenvalue weighted by Gasteiger charge is -2.31. The molecule has 1 aliphatic carbocycles. The van der Waals surface area contributed by atoms with E-state index in [0.717, 1.165) is 51.0 Å². The van der Waals surface area contributed by atoms with E-state index in [9.17, 15) is 4.79 Å². The van der Waals surface area contributed by atoms with Crippen LogP contribution in [0.15, 0.2) is 41.7 Å². The van der Waals surface area contributed by atoms with E-state index in [1.807, 2.05) is 12.1 Å². The first kappa shape index (κ1) is 18.2. The van der Waals surface area contributed by atoms with Gasteiger partial charge < -0.3 is 0 Å². The summed E-state index contributed by atoms with van der Waals surface area (Å²) in [4.78, 5) is 23.6. The molecule has 0 atom stereocenters. The van der Waals surface area contributed by atoms with Crippen LogP contribution in [0.25, 0.3) is 11.3 Å². The van der Waals surface area contributed by atoms with Gasteiger partial charge in [-0.3, -0.25) is 24.3 Å². The molecule has 0 amide bonds. The Labute approximate surface area is 169 Å². The van der Waals surface area contributed by atoms with E-state index in [2.05, 4.69) is 25.1 Å². The first-order valence-electron chi connectivity index (χ1n) is 10.5. The average molecular weight is 390 g/mol. The summed E-state index contributed by atoms with van der Waals surface area (Å²) in [6.07, 6.45) is 10.9.